The highest BCUT2D eigenvalue weighted by Crippen LogP contribution is 2.13. The number of non-ortho nitro benzene ring substituents is 1. The molecule has 20 heavy (non-hydrogen) atoms. The zero-order valence-corrected chi connectivity index (χ0v) is 11.2. The van der Waals surface area contributed by atoms with E-state index in [1.165, 1.54) is 30.7 Å². The predicted octanol–water partition coefficient (Wildman–Crippen LogP) is 2.28. The normalized spacial score (nSPS) is 19.1. The number of carbonyl (C=O) groups is 1. The summed E-state index contributed by atoms with van der Waals surface area (Å²) in [4.78, 5) is 21.9. The molecule has 0 saturated carbocycles. The summed E-state index contributed by atoms with van der Waals surface area (Å²) in [5.41, 5.74) is 0.302. The van der Waals surface area contributed by atoms with Gasteiger partial charge in [0.15, 0.2) is 0 Å². The Morgan fingerprint density at radius 2 is 2.05 bits per heavy atom. The molecule has 6 nitrogen and oxygen atoms in total. The van der Waals surface area contributed by atoms with Crippen molar-refractivity contribution in [2.45, 2.75) is 31.7 Å². The molecule has 0 bridgehead atoms. The first-order valence-corrected chi connectivity index (χ1v) is 6.82. The van der Waals surface area contributed by atoms with Crippen LogP contribution in [0.3, 0.4) is 0 Å². The summed E-state index contributed by atoms with van der Waals surface area (Å²) in [5, 5.41) is 13.9. The van der Waals surface area contributed by atoms with Crippen molar-refractivity contribution in [3.63, 3.8) is 0 Å². The topological polar surface area (TPSA) is 81.5 Å². The number of carbonyl (C=O) groups excluding carboxylic acids is 1. The fourth-order valence-corrected chi connectivity index (χ4v) is 2.22. The molecule has 0 amide bonds. The van der Waals surface area contributed by atoms with E-state index in [4.69, 9.17) is 4.74 Å². The molecule has 6 heteroatoms. The molecule has 1 atom stereocenters. The van der Waals surface area contributed by atoms with Crippen LogP contribution in [0, 0.1) is 10.1 Å². The van der Waals surface area contributed by atoms with Gasteiger partial charge >= 0.3 is 5.97 Å². The van der Waals surface area contributed by atoms with E-state index >= 15 is 0 Å². The van der Waals surface area contributed by atoms with Crippen molar-refractivity contribution in [3.8, 4) is 0 Å². The van der Waals surface area contributed by atoms with E-state index in [-0.39, 0.29) is 11.7 Å². The summed E-state index contributed by atoms with van der Waals surface area (Å²) >= 11 is 0. The van der Waals surface area contributed by atoms with Crippen molar-refractivity contribution in [2.24, 2.45) is 0 Å². The Balaban J connectivity index is 1.86. The van der Waals surface area contributed by atoms with Crippen molar-refractivity contribution in [1.29, 1.82) is 0 Å². The van der Waals surface area contributed by atoms with Gasteiger partial charge in [0, 0.05) is 18.2 Å². The number of hydrogen-bond acceptors (Lipinski definition) is 5. The first-order valence-electron chi connectivity index (χ1n) is 6.82. The lowest BCUT2D eigenvalue weighted by Crippen LogP contribution is -2.33. The van der Waals surface area contributed by atoms with E-state index in [0.29, 0.717) is 12.2 Å². The summed E-state index contributed by atoms with van der Waals surface area (Å²) in [5.74, 6) is -0.439. The molecule has 1 aliphatic rings. The Morgan fingerprint density at radius 3 is 2.75 bits per heavy atom. The number of nitro groups is 1. The van der Waals surface area contributed by atoms with Gasteiger partial charge in [-0.1, -0.05) is 12.8 Å². The highest BCUT2D eigenvalue weighted by molar-refractivity contribution is 5.89. The molecule has 0 aromatic heterocycles. The highest BCUT2D eigenvalue weighted by Gasteiger charge is 2.15. The second-order valence-corrected chi connectivity index (χ2v) is 4.90. The minimum Gasteiger partial charge on any atom is -0.460 e. The van der Waals surface area contributed by atoms with Crippen LogP contribution in [-0.4, -0.2) is 30.1 Å². The van der Waals surface area contributed by atoms with Gasteiger partial charge in [0.25, 0.3) is 5.69 Å². The van der Waals surface area contributed by atoms with Crippen LogP contribution in [0.15, 0.2) is 24.3 Å². The lowest BCUT2D eigenvalue weighted by atomic mass is 10.1. The molecule has 1 N–H and O–H groups in total. The predicted molar refractivity (Wildman–Crippen MR) is 73.6 cm³/mol. The second kappa shape index (κ2) is 7.00. The molecule has 0 aliphatic carbocycles. The minimum atomic E-state index is -0.495. The van der Waals surface area contributed by atoms with E-state index in [2.05, 4.69) is 5.32 Å². The first kappa shape index (κ1) is 14.5. The molecule has 1 unspecified atom stereocenters. The SMILES string of the molecule is O=C(OCC1CCCCCN1)c1ccc([N+](=O)[O-])cc1. The first-order chi connectivity index (χ1) is 9.66. The van der Waals surface area contributed by atoms with Crippen molar-refractivity contribution >= 4 is 11.7 Å². The van der Waals surface area contributed by atoms with Crippen LogP contribution in [0.1, 0.15) is 36.0 Å². The number of nitrogens with one attached hydrogen (secondary N) is 1. The Hall–Kier alpha value is -1.95. The number of benzene rings is 1. The third kappa shape index (κ3) is 4.03. The summed E-state index contributed by atoms with van der Waals surface area (Å²) in [6, 6.07) is 5.66. The summed E-state index contributed by atoms with van der Waals surface area (Å²) in [7, 11) is 0. The van der Waals surface area contributed by atoms with Gasteiger partial charge in [0.05, 0.1) is 10.5 Å². The van der Waals surface area contributed by atoms with E-state index in [1.54, 1.807) is 0 Å². The number of ether oxygens (including phenoxy) is 1. The number of nitro benzene ring substituents is 1. The molecule has 1 saturated heterocycles. The smallest absolute Gasteiger partial charge is 0.338 e. The fraction of sp³-hybridized carbons (Fsp3) is 0.500. The molecular weight excluding hydrogens is 260 g/mol. The molecule has 0 radical (unpaired) electrons. The van der Waals surface area contributed by atoms with Crippen LogP contribution in [0.25, 0.3) is 0 Å². The molecular formula is C14H18N2O4. The number of hydrogen-bond donors (Lipinski definition) is 1. The molecule has 1 heterocycles. The average molecular weight is 278 g/mol. The molecule has 0 spiro atoms. The maximum absolute atomic E-state index is 11.8. The molecule has 1 aromatic carbocycles. The summed E-state index contributed by atoms with van der Waals surface area (Å²) in [6.45, 7) is 1.30. The zero-order valence-electron chi connectivity index (χ0n) is 11.2. The van der Waals surface area contributed by atoms with Gasteiger partial charge in [0.1, 0.15) is 6.61 Å². The van der Waals surface area contributed by atoms with Crippen LogP contribution in [-0.2, 0) is 4.74 Å². The quantitative estimate of drug-likeness (QED) is 0.519. The number of esters is 1. The largest absolute Gasteiger partial charge is 0.460 e. The Bertz CT molecular complexity index is 465. The third-order valence-corrected chi connectivity index (χ3v) is 3.39. The lowest BCUT2D eigenvalue weighted by Gasteiger charge is -2.15. The van der Waals surface area contributed by atoms with E-state index in [9.17, 15) is 14.9 Å². The van der Waals surface area contributed by atoms with Crippen molar-refractivity contribution in [3.05, 3.63) is 39.9 Å². The second-order valence-electron chi connectivity index (χ2n) is 4.90. The fourth-order valence-electron chi connectivity index (χ4n) is 2.22. The standard InChI is InChI=1S/C14H18N2O4/c17-14(11-5-7-13(8-6-11)16(18)19)20-10-12-4-2-1-3-9-15-12/h5-8,12,15H,1-4,9-10H2. The van der Waals surface area contributed by atoms with E-state index in [0.717, 1.165) is 25.8 Å². The van der Waals surface area contributed by atoms with Gasteiger partial charge in [-0.2, -0.15) is 0 Å². The van der Waals surface area contributed by atoms with Gasteiger partial charge in [-0.3, -0.25) is 10.1 Å². The Labute approximate surface area is 117 Å². The van der Waals surface area contributed by atoms with Gasteiger partial charge in [-0.25, -0.2) is 4.79 Å². The van der Waals surface area contributed by atoms with Gasteiger partial charge < -0.3 is 10.1 Å². The van der Waals surface area contributed by atoms with Gasteiger partial charge in [-0.05, 0) is 31.5 Å². The maximum Gasteiger partial charge on any atom is 0.338 e. The van der Waals surface area contributed by atoms with Crippen LogP contribution >= 0.6 is 0 Å². The summed E-state index contributed by atoms with van der Waals surface area (Å²) in [6.07, 6.45) is 4.52. The molecule has 1 aromatic rings. The highest BCUT2D eigenvalue weighted by atomic mass is 16.6. The number of nitrogens with zero attached hydrogens (tertiary/aromatic N) is 1. The molecule has 2 rings (SSSR count). The van der Waals surface area contributed by atoms with Gasteiger partial charge in [-0.15, -0.1) is 0 Å². The van der Waals surface area contributed by atoms with Crippen LogP contribution < -0.4 is 5.32 Å². The Morgan fingerprint density at radius 1 is 1.30 bits per heavy atom. The van der Waals surface area contributed by atoms with E-state index < -0.39 is 10.9 Å². The van der Waals surface area contributed by atoms with Crippen molar-refractivity contribution < 1.29 is 14.5 Å². The number of rotatable bonds is 4. The third-order valence-electron chi connectivity index (χ3n) is 3.39. The van der Waals surface area contributed by atoms with Crippen molar-refractivity contribution in [1.82, 2.24) is 5.32 Å². The molecule has 1 aliphatic heterocycles. The Kier molecular flexibility index (Phi) is 5.06. The molecule has 1 fully saturated rings. The molecule has 108 valence electrons. The van der Waals surface area contributed by atoms with Crippen LogP contribution in [0.2, 0.25) is 0 Å². The zero-order chi connectivity index (χ0) is 14.4. The maximum atomic E-state index is 11.8. The van der Waals surface area contributed by atoms with Gasteiger partial charge in [0.2, 0.25) is 0 Å². The average Bonchev–Trinajstić information content (AvgIpc) is 2.73. The lowest BCUT2D eigenvalue weighted by molar-refractivity contribution is -0.384. The van der Waals surface area contributed by atoms with Crippen LogP contribution in [0.4, 0.5) is 5.69 Å². The summed E-state index contributed by atoms with van der Waals surface area (Å²) < 4.78 is 5.25. The van der Waals surface area contributed by atoms with E-state index in [1.807, 2.05) is 0 Å². The van der Waals surface area contributed by atoms with Crippen molar-refractivity contribution in [2.75, 3.05) is 13.2 Å². The minimum absolute atomic E-state index is 0.0352. The monoisotopic (exact) mass is 278 g/mol. The van der Waals surface area contributed by atoms with Crippen LogP contribution in [0.5, 0.6) is 0 Å².